The normalized spacial score (nSPS) is 17.5. The molecule has 1 aliphatic rings. The molecule has 1 N–H and O–H groups in total. The fourth-order valence-corrected chi connectivity index (χ4v) is 3.59. The summed E-state index contributed by atoms with van der Waals surface area (Å²) in [7, 11) is 0. The number of imidazole rings is 1. The first-order chi connectivity index (χ1) is 11.1. The van der Waals surface area contributed by atoms with Gasteiger partial charge in [-0.2, -0.15) is 17.5 Å². The highest BCUT2D eigenvalue weighted by atomic mass is 32.1. The number of nitrogens with zero attached hydrogens (tertiary/aromatic N) is 4. The summed E-state index contributed by atoms with van der Waals surface area (Å²) < 4.78 is 42.4. The van der Waals surface area contributed by atoms with Gasteiger partial charge in [0.1, 0.15) is 17.3 Å². The molecule has 1 fully saturated rings. The van der Waals surface area contributed by atoms with E-state index in [1.54, 1.807) is 0 Å². The molecule has 0 bridgehead atoms. The lowest BCUT2D eigenvalue weighted by molar-refractivity contribution is -0.141. The predicted molar refractivity (Wildman–Crippen MR) is 86.4 cm³/mol. The van der Waals surface area contributed by atoms with Crippen LogP contribution in [0, 0.1) is 0 Å². The lowest BCUT2D eigenvalue weighted by Gasteiger charge is -2.30. The number of nitrogens with one attached hydrogen (secondary N) is 1. The maximum absolute atomic E-state index is 12.7. The van der Waals surface area contributed by atoms with Crippen LogP contribution in [0.5, 0.6) is 0 Å². The Morgan fingerprint density at radius 3 is 2.38 bits per heavy atom. The molecule has 132 valence electrons. The van der Waals surface area contributed by atoms with E-state index in [1.807, 2.05) is 0 Å². The van der Waals surface area contributed by atoms with Crippen LogP contribution >= 0.6 is 11.5 Å². The molecule has 0 amide bonds. The number of H-pyrrole nitrogens is 1. The van der Waals surface area contributed by atoms with Gasteiger partial charge in [0.2, 0.25) is 5.13 Å². The molecule has 1 aliphatic heterocycles. The maximum atomic E-state index is 12.7. The van der Waals surface area contributed by atoms with Crippen molar-refractivity contribution < 1.29 is 13.2 Å². The standard InChI is InChI=1S/C15H20F3N5S/c1-14(2,3)12-21-13(24-22-12)23-6-4-9(5-7-23)11-19-8-10(20-11)15(16,17)18/h8-9H,4-7H2,1-3H3,(H,19,20). The Balaban J connectivity index is 1.64. The molecule has 24 heavy (non-hydrogen) atoms. The summed E-state index contributed by atoms with van der Waals surface area (Å²) in [5.74, 6) is 1.27. The Kier molecular flexibility index (Phi) is 4.31. The maximum Gasteiger partial charge on any atom is 0.432 e. The summed E-state index contributed by atoms with van der Waals surface area (Å²) in [5, 5.41) is 0.883. The molecule has 0 aromatic carbocycles. The Hall–Kier alpha value is -1.64. The highest BCUT2D eigenvalue weighted by Gasteiger charge is 2.34. The molecule has 5 nitrogen and oxygen atoms in total. The first-order valence-electron chi connectivity index (χ1n) is 7.86. The Morgan fingerprint density at radius 2 is 1.88 bits per heavy atom. The highest BCUT2D eigenvalue weighted by molar-refractivity contribution is 7.09. The fraction of sp³-hybridized carbons (Fsp3) is 0.667. The number of alkyl halides is 3. The number of hydrogen-bond donors (Lipinski definition) is 1. The van der Waals surface area contributed by atoms with E-state index in [4.69, 9.17) is 0 Å². The van der Waals surface area contributed by atoms with Gasteiger partial charge in [-0.1, -0.05) is 20.8 Å². The van der Waals surface area contributed by atoms with Crippen LogP contribution < -0.4 is 4.90 Å². The van der Waals surface area contributed by atoms with Gasteiger partial charge in [-0.25, -0.2) is 9.97 Å². The average Bonchev–Trinajstić information content (AvgIpc) is 3.16. The number of halogens is 3. The molecule has 0 radical (unpaired) electrons. The Bertz CT molecular complexity index is 632. The van der Waals surface area contributed by atoms with E-state index < -0.39 is 11.9 Å². The fourth-order valence-electron chi connectivity index (χ4n) is 2.68. The van der Waals surface area contributed by atoms with Crippen molar-refractivity contribution in [1.29, 1.82) is 0 Å². The molecule has 0 atom stereocenters. The number of anilines is 1. The smallest absolute Gasteiger partial charge is 0.347 e. The van der Waals surface area contributed by atoms with Gasteiger partial charge < -0.3 is 9.88 Å². The van der Waals surface area contributed by atoms with Crippen LogP contribution in [0.15, 0.2) is 6.20 Å². The van der Waals surface area contributed by atoms with E-state index in [9.17, 15) is 13.2 Å². The molecule has 1 saturated heterocycles. The van der Waals surface area contributed by atoms with E-state index >= 15 is 0 Å². The van der Waals surface area contributed by atoms with Gasteiger partial charge in [0.15, 0.2) is 0 Å². The van der Waals surface area contributed by atoms with E-state index in [0.29, 0.717) is 5.82 Å². The molecule has 0 saturated carbocycles. The first-order valence-corrected chi connectivity index (χ1v) is 8.63. The minimum absolute atomic E-state index is 0.0207. The minimum Gasteiger partial charge on any atom is -0.347 e. The molecule has 0 spiro atoms. The van der Waals surface area contributed by atoms with Gasteiger partial charge in [0.25, 0.3) is 0 Å². The predicted octanol–water partition coefficient (Wildman–Crippen LogP) is 3.96. The zero-order valence-corrected chi connectivity index (χ0v) is 14.6. The van der Waals surface area contributed by atoms with Crippen molar-refractivity contribution in [2.24, 2.45) is 0 Å². The summed E-state index contributed by atoms with van der Waals surface area (Å²) in [5.41, 5.74) is -0.867. The number of aromatic nitrogens is 4. The van der Waals surface area contributed by atoms with Crippen LogP contribution in [-0.4, -0.2) is 32.4 Å². The van der Waals surface area contributed by atoms with Crippen molar-refractivity contribution in [2.75, 3.05) is 18.0 Å². The lowest BCUT2D eigenvalue weighted by Crippen LogP contribution is -2.33. The van der Waals surface area contributed by atoms with Gasteiger partial charge in [-0.15, -0.1) is 0 Å². The summed E-state index contributed by atoms with van der Waals surface area (Å²) >= 11 is 1.38. The largest absolute Gasteiger partial charge is 0.432 e. The van der Waals surface area contributed by atoms with Gasteiger partial charge in [-0.05, 0) is 12.8 Å². The van der Waals surface area contributed by atoms with Crippen LogP contribution in [0.2, 0.25) is 0 Å². The van der Waals surface area contributed by atoms with Crippen molar-refractivity contribution in [3.05, 3.63) is 23.5 Å². The third-order valence-electron chi connectivity index (χ3n) is 4.14. The van der Waals surface area contributed by atoms with Crippen molar-refractivity contribution in [3.8, 4) is 0 Å². The molecule has 2 aromatic heterocycles. The summed E-state index contributed by atoms with van der Waals surface area (Å²) in [6.45, 7) is 7.69. The van der Waals surface area contributed by atoms with E-state index in [1.165, 1.54) is 11.5 Å². The van der Waals surface area contributed by atoms with Crippen molar-refractivity contribution in [2.45, 2.75) is 51.1 Å². The zero-order chi connectivity index (χ0) is 17.5. The molecule has 3 rings (SSSR count). The molecule has 2 aromatic rings. The first kappa shape index (κ1) is 17.2. The average molecular weight is 359 g/mol. The lowest BCUT2D eigenvalue weighted by atomic mass is 9.96. The highest BCUT2D eigenvalue weighted by Crippen LogP contribution is 2.33. The quantitative estimate of drug-likeness (QED) is 0.882. The van der Waals surface area contributed by atoms with Crippen LogP contribution in [0.4, 0.5) is 18.3 Å². The molecule has 0 aliphatic carbocycles. The molecule has 0 unspecified atom stereocenters. The monoisotopic (exact) mass is 359 g/mol. The van der Waals surface area contributed by atoms with Crippen LogP contribution in [0.3, 0.4) is 0 Å². The summed E-state index contributed by atoms with van der Waals surface area (Å²) in [6.07, 6.45) is -2.01. The van der Waals surface area contributed by atoms with Crippen LogP contribution in [-0.2, 0) is 11.6 Å². The van der Waals surface area contributed by atoms with Crippen molar-refractivity contribution in [3.63, 3.8) is 0 Å². The molecular weight excluding hydrogens is 339 g/mol. The second kappa shape index (κ2) is 6.02. The van der Waals surface area contributed by atoms with E-state index in [2.05, 4.69) is 45.0 Å². The zero-order valence-electron chi connectivity index (χ0n) is 13.8. The molecule has 9 heteroatoms. The summed E-state index contributed by atoms with van der Waals surface area (Å²) in [4.78, 5) is 13.1. The van der Waals surface area contributed by atoms with E-state index in [-0.39, 0.29) is 11.3 Å². The molecular formula is C15H20F3N5S. The third kappa shape index (κ3) is 3.55. The number of piperidine rings is 1. The topological polar surface area (TPSA) is 57.7 Å². The number of hydrogen-bond acceptors (Lipinski definition) is 5. The molecule has 3 heterocycles. The van der Waals surface area contributed by atoms with Gasteiger partial charge >= 0.3 is 6.18 Å². The summed E-state index contributed by atoms with van der Waals surface area (Å²) in [6, 6.07) is 0. The van der Waals surface area contributed by atoms with Crippen LogP contribution in [0.1, 0.15) is 56.9 Å². The minimum atomic E-state index is -4.37. The van der Waals surface area contributed by atoms with Crippen LogP contribution in [0.25, 0.3) is 0 Å². The Labute approximate surface area is 142 Å². The van der Waals surface area contributed by atoms with Gasteiger partial charge in [0.05, 0.1) is 6.20 Å². The number of rotatable bonds is 2. The number of aromatic amines is 1. The van der Waals surface area contributed by atoms with Crippen molar-refractivity contribution >= 4 is 16.7 Å². The van der Waals surface area contributed by atoms with Gasteiger partial charge in [0, 0.05) is 36.0 Å². The van der Waals surface area contributed by atoms with E-state index in [0.717, 1.165) is 43.1 Å². The van der Waals surface area contributed by atoms with Crippen molar-refractivity contribution in [1.82, 2.24) is 19.3 Å². The second-order valence-electron chi connectivity index (χ2n) is 7.09. The Morgan fingerprint density at radius 1 is 1.21 bits per heavy atom. The third-order valence-corrected chi connectivity index (χ3v) is 4.92. The second-order valence-corrected chi connectivity index (χ2v) is 7.82. The SMILES string of the molecule is CC(C)(C)c1nsc(N2CCC(c3ncc(C(F)(F)F)[nH]3)CC2)n1. The van der Waals surface area contributed by atoms with Gasteiger partial charge in [-0.3, -0.25) is 0 Å².